The summed E-state index contributed by atoms with van der Waals surface area (Å²) in [6.07, 6.45) is 3.65. The third-order valence-electron chi connectivity index (χ3n) is 6.88. The summed E-state index contributed by atoms with van der Waals surface area (Å²) in [6.45, 7) is 3.61. The van der Waals surface area contributed by atoms with E-state index in [1.165, 1.54) is 7.11 Å². The van der Waals surface area contributed by atoms with Crippen molar-refractivity contribution in [1.82, 2.24) is 20.3 Å². The van der Waals surface area contributed by atoms with Crippen molar-refractivity contribution < 1.29 is 19.1 Å². The van der Waals surface area contributed by atoms with Gasteiger partial charge in [0.05, 0.1) is 7.11 Å². The number of aromatic nitrogens is 1. The largest absolute Gasteiger partial charge is 0.467 e. The van der Waals surface area contributed by atoms with Crippen LogP contribution < -0.4 is 31.2 Å². The molecule has 12 nitrogen and oxygen atoms in total. The molecule has 3 aromatic rings. The summed E-state index contributed by atoms with van der Waals surface area (Å²) in [7, 11) is 5.02. The van der Waals surface area contributed by atoms with Crippen LogP contribution in [0.5, 0.6) is 5.75 Å². The van der Waals surface area contributed by atoms with Gasteiger partial charge in [0.2, 0.25) is 0 Å². The first-order chi connectivity index (χ1) is 19.2. The quantitative estimate of drug-likeness (QED) is 0.259. The first kappa shape index (κ1) is 28.7. The summed E-state index contributed by atoms with van der Waals surface area (Å²) >= 11 is 0. The molecule has 1 aromatic heterocycles. The van der Waals surface area contributed by atoms with E-state index in [4.69, 9.17) is 9.47 Å². The second-order valence-electron chi connectivity index (χ2n) is 9.77. The molecule has 1 aliphatic heterocycles. The third kappa shape index (κ3) is 7.21. The van der Waals surface area contributed by atoms with Gasteiger partial charge in [-0.1, -0.05) is 12.1 Å². The molecule has 1 saturated heterocycles. The monoisotopic (exact) mass is 550 g/mol. The lowest BCUT2D eigenvalue weighted by molar-refractivity contribution is -0.141. The fraction of sp³-hybridized carbons (Fsp3) is 0.393. The molecule has 2 aromatic carbocycles. The Hall–Kier alpha value is -4.29. The van der Waals surface area contributed by atoms with Crippen molar-refractivity contribution in [2.75, 3.05) is 64.1 Å². The molecule has 1 fully saturated rings. The van der Waals surface area contributed by atoms with Gasteiger partial charge in [-0.15, -0.1) is 0 Å². The van der Waals surface area contributed by atoms with Crippen LogP contribution >= 0.6 is 0 Å². The first-order valence-electron chi connectivity index (χ1n) is 13.0. The smallest absolute Gasteiger partial charge is 0.427 e. The van der Waals surface area contributed by atoms with Crippen LogP contribution in [0.4, 0.5) is 16.2 Å². The van der Waals surface area contributed by atoms with Crippen molar-refractivity contribution in [2.24, 2.45) is 0 Å². The zero-order valence-electron chi connectivity index (χ0n) is 22.9. The molecule has 40 heavy (non-hydrogen) atoms. The molecular formula is C28H34N6O6. The minimum atomic E-state index is -0.909. The number of rotatable bonds is 11. The van der Waals surface area contributed by atoms with Crippen molar-refractivity contribution >= 4 is 23.4 Å². The molecule has 0 saturated carbocycles. The summed E-state index contributed by atoms with van der Waals surface area (Å²) in [5.74, 6) is -0.233. The van der Waals surface area contributed by atoms with Gasteiger partial charge < -0.3 is 24.6 Å². The van der Waals surface area contributed by atoms with Crippen molar-refractivity contribution in [3.05, 3.63) is 80.4 Å². The van der Waals surface area contributed by atoms with Crippen molar-refractivity contribution in [3.63, 3.8) is 0 Å². The van der Waals surface area contributed by atoms with E-state index < -0.39 is 29.0 Å². The number of benzene rings is 1. The standard InChI is InChI=1S/C28H34N6O6/c1-32-14-16-34(17-15-32)31-28(38)40-21-6-4-20(5-7-21)18-22(27(37)39-3)30-23-24(26(36)25(23)35)33(2)13-10-19-8-11-29-12-9-19/h4-9,11-12,22,30H,10,13-18H2,1-3H3,(H,31,38)/t22-/m0/s1. The summed E-state index contributed by atoms with van der Waals surface area (Å²) in [6, 6.07) is 9.57. The zero-order valence-corrected chi connectivity index (χ0v) is 22.9. The normalized spacial score (nSPS) is 14.9. The highest BCUT2D eigenvalue weighted by molar-refractivity contribution is 5.84. The van der Waals surface area contributed by atoms with Crippen LogP contribution in [0.3, 0.4) is 0 Å². The van der Waals surface area contributed by atoms with Crippen molar-refractivity contribution in [2.45, 2.75) is 18.9 Å². The van der Waals surface area contributed by atoms with Crippen LogP contribution in [0.15, 0.2) is 58.4 Å². The number of anilines is 2. The SMILES string of the molecule is COC(=O)[C@H](Cc1ccc(OC(=O)NN2CCN(C)CC2)cc1)Nc1c(N(C)CCc2ccncc2)c(=O)c1=O. The summed E-state index contributed by atoms with van der Waals surface area (Å²) < 4.78 is 10.3. The number of piperazine rings is 1. The van der Waals surface area contributed by atoms with E-state index in [-0.39, 0.29) is 17.8 Å². The minimum absolute atomic E-state index is 0.0955. The lowest BCUT2D eigenvalue weighted by atomic mass is 10.0. The van der Waals surface area contributed by atoms with E-state index in [0.717, 1.165) is 24.2 Å². The highest BCUT2D eigenvalue weighted by Gasteiger charge is 2.29. The first-order valence-corrected chi connectivity index (χ1v) is 13.0. The Morgan fingerprint density at radius 2 is 1.68 bits per heavy atom. The van der Waals surface area contributed by atoms with E-state index in [0.29, 0.717) is 31.8 Å². The Labute approximate surface area is 232 Å². The van der Waals surface area contributed by atoms with Gasteiger partial charge in [-0.05, 0) is 48.9 Å². The van der Waals surface area contributed by atoms with Gasteiger partial charge in [0.1, 0.15) is 23.2 Å². The van der Waals surface area contributed by atoms with Crippen LogP contribution in [-0.2, 0) is 22.4 Å². The fourth-order valence-electron chi connectivity index (χ4n) is 4.45. The van der Waals surface area contributed by atoms with Gasteiger partial charge in [0.25, 0.3) is 10.9 Å². The molecule has 1 atom stereocenters. The number of pyridine rings is 1. The summed E-state index contributed by atoms with van der Waals surface area (Å²) in [5.41, 5.74) is 3.58. The molecule has 0 unspecified atom stereocenters. The Morgan fingerprint density at radius 3 is 2.33 bits per heavy atom. The second-order valence-corrected chi connectivity index (χ2v) is 9.77. The molecule has 0 spiro atoms. The zero-order chi connectivity index (χ0) is 28.6. The van der Waals surface area contributed by atoms with Crippen molar-refractivity contribution in [1.29, 1.82) is 0 Å². The number of carbonyl (C=O) groups excluding carboxylic acids is 2. The average Bonchev–Trinajstić information content (AvgIpc) is 2.97. The molecular weight excluding hydrogens is 516 g/mol. The van der Waals surface area contributed by atoms with Gasteiger partial charge >= 0.3 is 12.1 Å². The highest BCUT2D eigenvalue weighted by atomic mass is 16.6. The molecule has 0 aliphatic carbocycles. The Balaban J connectivity index is 1.37. The topological polar surface area (TPSA) is 133 Å². The van der Waals surface area contributed by atoms with Crippen molar-refractivity contribution in [3.8, 4) is 5.75 Å². The molecule has 12 heteroatoms. The van der Waals surface area contributed by atoms with E-state index >= 15 is 0 Å². The Bertz CT molecular complexity index is 1360. The number of nitrogens with zero attached hydrogens (tertiary/aromatic N) is 4. The number of esters is 1. The average molecular weight is 551 g/mol. The highest BCUT2D eigenvalue weighted by Crippen LogP contribution is 2.22. The molecule has 2 heterocycles. The van der Waals surface area contributed by atoms with Crippen LogP contribution in [0.25, 0.3) is 0 Å². The molecule has 1 aliphatic rings. The number of amides is 1. The van der Waals surface area contributed by atoms with Gasteiger partial charge in [-0.2, -0.15) is 0 Å². The van der Waals surface area contributed by atoms with E-state index in [2.05, 4.69) is 20.6 Å². The Morgan fingerprint density at radius 1 is 1.00 bits per heavy atom. The number of ether oxygens (including phenoxy) is 2. The Kier molecular flexibility index (Phi) is 9.46. The number of likely N-dealkylation sites (N-methyl/N-ethyl adjacent to an activating group) is 2. The maximum atomic E-state index is 12.6. The molecule has 0 radical (unpaired) electrons. The maximum Gasteiger partial charge on any atom is 0.427 e. The molecule has 0 bridgehead atoms. The number of hydrogen-bond donors (Lipinski definition) is 2. The summed E-state index contributed by atoms with van der Waals surface area (Å²) in [4.78, 5) is 57.6. The van der Waals surface area contributed by atoms with Crippen LogP contribution in [0, 0.1) is 0 Å². The van der Waals surface area contributed by atoms with E-state index in [1.807, 2.05) is 24.2 Å². The minimum Gasteiger partial charge on any atom is -0.467 e. The molecule has 212 valence electrons. The van der Waals surface area contributed by atoms with Gasteiger partial charge in [-0.25, -0.2) is 14.6 Å². The van der Waals surface area contributed by atoms with E-state index in [1.54, 1.807) is 48.6 Å². The number of carbonyl (C=O) groups is 2. The second kappa shape index (κ2) is 13.2. The fourth-order valence-corrected chi connectivity index (χ4v) is 4.45. The van der Waals surface area contributed by atoms with Crippen LogP contribution in [0.2, 0.25) is 0 Å². The third-order valence-corrected chi connectivity index (χ3v) is 6.88. The molecule has 2 N–H and O–H groups in total. The maximum absolute atomic E-state index is 12.6. The lowest BCUT2D eigenvalue weighted by Gasteiger charge is -2.31. The van der Waals surface area contributed by atoms with Gasteiger partial charge in [0.15, 0.2) is 0 Å². The predicted octanol–water partition coefficient (Wildman–Crippen LogP) is 0.804. The number of hydrogen-bond acceptors (Lipinski definition) is 11. The number of methoxy groups -OCH3 is 1. The summed E-state index contributed by atoms with van der Waals surface area (Å²) in [5, 5.41) is 4.75. The number of nitrogens with one attached hydrogen (secondary N) is 2. The van der Waals surface area contributed by atoms with E-state index in [9.17, 15) is 19.2 Å². The predicted molar refractivity (Wildman–Crippen MR) is 150 cm³/mol. The molecule has 1 amide bonds. The van der Waals surface area contributed by atoms with Gasteiger partial charge in [0, 0.05) is 58.6 Å². The number of hydrazine groups is 1. The lowest BCUT2D eigenvalue weighted by Crippen LogP contribution is -2.53. The van der Waals surface area contributed by atoms with Crippen LogP contribution in [0.1, 0.15) is 11.1 Å². The van der Waals surface area contributed by atoms with Gasteiger partial charge in [-0.3, -0.25) is 20.0 Å². The molecule has 4 rings (SSSR count). The van der Waals surface area contributed by atoms with Crippen LogP contribution in [-0.4, -0.2) is 86.9 Å².